The monoisotopic (exact) mass is 597 g/mol. The van der Waals surface area contributed by atoms with E-state index in [1.165, 1.54) is 77.0 Å². The van der Waals surface area contributed by atoms with Gasteiger partial charge < -0.3 is 38.1 Å². The lowest BCUT2D eigenvalue weighted by Crippen LogP contribution is -2.37. The molecule has 0 aliphatic heterocycles. The number of aliphatic hydroxyl groups is 2. The number of hydrogen-bond acceptors (Lipinski definition) is 8. The number of ether oxygens (including phenoxy) is 2. The number of aliphatic hydroxyl groups excluding tert-OH is 2. The van der Waals surface area contributed by atoms with E-state index in [9.17, 15) is 14.6 Å². The summed E-state index contributed by atoms with van der Waals surface area (Å²) in [5.74, 6) is 0. The van der Waals surface area contributed by atoms with Gasteiger partial charge in [-0.2, -0.15) is 0 Å². The fraction of sp³-hybridized carbons (Fsp3) is 1.00. The molecule has 0 amide bonds. The molecular formula is C30H64NO8P. The highest BCUT2D eigenvalue weighted by Gasteiger charge is 2.18. The molecule has 0 heterocycles. The first-order valence-corrected chi connectivity index (χ1v) is 17.4. The van der Waals surface area contributed by atoms with Crippen LogP contribution in [0.5, 0.6) is 0 Å². The van der Waals surface area contributed by atoms with Crippen LogP contribution in [0.3, 0.4) is 0 Å². The molecule has 0 aromatic heterocycles. The summed E-state index contributed by atoms with van der Waals surface area (Å²) in [5, 5.41) is 18.4. The Morgan fingerprint density at radius 1 is 0.725 bits per heavy atom. The molecule has 0 aromatic carbocycles. The maximum absolute atomic E-state index is 12.2. The molecule has 0 saturated carbocycles. The molecule has 1 unspecified atom stereocenters. The van der Waals surface area contributed by atoms with Crippen LogP contribution in [0.25, 0.3) is 0 Å². The van der Waals surface area contributed by atoms with Crippen molar-refractivity contribution in [1.29, 1.82) is 0 Å². The summed E-state index contributed by atoms with van der Waals surface area (Å²) in [6.45, 7) is 3.68. The van der Waals surface area contributed by atoms with E-state index in [0.29, 0.717) is 43.5 Å². The number of unbranched alkanes of at least 4 members (excludes halogenated alkanes) is 14. The summed E-state index contributed by atoms with van der Waals surface area (Å²) < 4.78 is 34.4. The summed E-state index contributed by atoms with van der Waals surface area (Å²) in [4.78, 5) is 12.2. The van der Waals surface area contributed by atoms with Crippen molar-refractivity contribution in [3.8, 4) is 0 Å². The fourth-order valence-electron chi connectivity index (χ4n) is 4.22. The van der Waals surface area contributed by atoms with Gasteiger partial charge in [0, 0.05) is 13.2 Å². The third kappa shape index (κ3) is 29.4. The molecule has 2 N–H and O–H groups in total. The Morgan fingerprint density at radius 3 is 1.77 bits per heavy atom. The Bertz CT molecular complexity index is 591. The van der Waals surface area contributed by atoms with Crippen molar-refractivity contribution in [2.24, 2.45) is 0 Å². The van der Waals surface area contributed by atoms with Crippen LogP contribution >= 0.6 is 7.82 Å². The average molecular weight is 598 g/mol. The normalized spacial score (nSPS) is 15.3. The van der Waals surface area contributed by atoms with Crippen molar-refractivity contribution >= 4 is 7.82 Å². The minimum atomic E-state index is -4.43. The van der Waals surface area contributed by atoms with Gasteiger partial charge in [-0.1, -0.05) is 90.4 Å². The minimum Gasteiger partial charge on any atom is -0.756 e. The lowest BCUT2D eigenvalue weighted by atomic mass is 10.0. The van der Waals surface area contributed by atoms with E-state index >= 15 is 0 Å². The van der Waals surface area contributed by atoms with Crippen molar-refractivity contribution < 1.29 is 42.7 Å². The summed E-state index contributed by atoms with van der Waals surface area (Å²) in [6, 6.07) is 0. The Balaban J connectivity index is 4.06. The zero-order valence-electron chi connectivity index (χ0n) is 26.4. The van der Waals surface area contributed by atoms with Crippen molar-refractivity contribution in [1.82, 2.24) is 0 Å². The Kier molecular flexibility index (Phi) is 26.5. The molecule has 0 aliphatic rings. The number of phosphoric ester groups is 1. The van der Waals surface area contributed by atoms with Gasteiger partial charge >= 0.3 is 0 Å². The van der Waals surface area contributed by atoms with E-state index in [0.717, 1.165) is 12.8 Å². The molecule has 40 heavy (non-hydrogen) atoms. The summed E-state index contributed by atoms with van der Waals surface area (Å²) in [7, 11) is 1.44. The van der Waals surface area contributed by atoms with Crippen LogP contribution in [-0.4, -0.2) is 94.2 Å². The van der Waals surface area contributed by atoms with Gasteiger partial charge in [0.05, 0.1) is 47.1 Å². The van der Waals surface area contributed by atoms with Crippen molar-refractivity contribution in [3.05, 3.63) is 0 Å². The zero-order chi connectivity index (χ0) is 30.0. The van der Waals surface area contributed by atoms with Crippen LogP contribution in [0.1, 0.15) is 116 Å². The van der Waals surface area contributed by atoms with Crippen molar-refractivity contribution in [3.63, 3.8) is 0 Å². The lowest BCUT2D eigenvalue weighted by Gasteiger charge is -2.28. The van der Waals surface area contributed by atoms with E-state index in [1.807, 2.05) is 21.1 Å². The van der Waals surface area contributed by atoms with Crippen LogP contribution in [0, 0.1) is 0 Å². The molecule has 0 fully saturated rings. The summed E-state index contributed by atoms with van der Waals surface area (Å²) in [6.07, 6.45) is 18.9. The number of hydrogen-bond donors (Lipinski definition) is 2. The molecule has 0 aromatic rings. The Labute approximate surface area is 246 Å². The molecule has 242 valence electrons. The molecule has 10 heteroatoms. The predicted molar refractivity (Wildman–Crippen MR) is 160 cm³/mol. The van der Waals surface area contributed by atoms with Gasteiger partial charge in [-0.25, -0.2) is 0 Å². The number of phosphoric acid groups is 1. The van der Waals surface area contributed by atoms with E-state index < -0.39 is 20.0 Å². The molecule has 0 radical (unpaired) electrons. The predicted octanol–water partition coefficient (Wildman–Crippen LogP) is 5.60. The zero-order valence-corrected chi connectivity index (χ0v) is 27.3. The fourth-order valence-corrected chi connectivity index (χ4v) is 4.95. The lowest BCUT2D eigenvalue weighted by molar-refractivity contribution is -0.870. The number of quaternary nitrogens is 1. The molecule has 3 atom stereocenters. The highest BCUT2D eigenvalue weighted by Crippen LogP contribution is 2.38. The second-order valence-electron chi connectivity index (χ2n) is 12.1. The molecular weight excluding hydrogens is 533 g/mol. The molecule has 0 saturated heterocycles. The molecule has 0 aliphatic carbocycles. The van der Waals surface area contributed by atoms with E-state index in [-0.39, 0.29) is 26.4 Å². The third-order valence-corrected chi connectivity index (χ3v) is 7.84. The largest absolute Gasteiger partial charge is 0.756 e. The highest BCUT2D eigenvalue weighted by atomic mass is 31.2. The van der Waals surface area contributed by atoms with Crippen LogP contribution in [0.15, 0.2) is 0 Å². The van der Waals surface area contributed by atoms with Gasteiger partial charge in [0.1, 0.15) is 19.3 Å². The van der Waals surface area contributed by atoms with Gasteiger partial charge in [0.15, 0.2) is 0 Å². The number of rotatable bonds is 31. The molecule has 0 spiro atoms. The average Bonchev–Trinajstić information content (AvgIpc) is 2.89. The van der Waals surface area contributed by atoms with Crippen molar-refractivity contribution in [2.45, 2.75) is 128 Å². The van der Waals surface area contributed by atoms with E-state index in [4.69, 9.17) is 23.6 Å². The van der Waals surface area contributed by atoms with Gasteiger partial charge in [0.2, 0.25) is 0 Å². The highest BCUT2D eigenvalue weighted by molar-refractivity contribution is 7.45. The van der Waals surface area contributed by atoms with Crippen LogP contribution < -0.4 is 4.89 Å². The third-order valence-electron chi connectivity index (χ3n) is 6.87. The smallest absolute Gasteiger partial charge is 0.268 e. The first kappa shape index (κ1) is 39.9. The SMILES string of the molecule is CCCCCCCCCCCCCCCCOC[C@H](COP(=O)([O-])OCC[N+](C)(C)C)OCCCC[C@@H](O)CO. The Hall–Kier alpha value is -0.0900. The first-order chi connectivity index (χ1) is 19.1. The minimum absolute atomic E-state index is 0.0542. The van der Waals surface area contributed by atoms with Gasteiger partial charge in [-0.3, -0.25) is 4.57 Å². The second-order valence-corrected chi connectivity index (χ2v) is 13.5. The standard InChI is InChI=1S/C30H64NO8P/c1-5-6-7-8-9-10-11-12-13-14-15-16-17-19-23-36-27-30(37-24-20-18-21-29(33)26-32)28-39-40(34,35)38-25-22-31(2,3)4/h29-30,32-33H,5-28H2,1-4H3/t29-,30-/m1/s1. The van der Waals surface area contributed by atoms with Crippen molar-refractivity contribution in [2.75, 3.05) is 67.3 Å². The number of nitrogens with zero attached hydrogens (tertiary/aromatic N) is 1. The molecule has 0 rings (SSSR count). The Morgan fingerprint density at radius 2 is 1.25 bits per heavy atom. The van der Waals surface area contributed by atoms with Crippen LogP contribution in [0.4, 0.5) is 0 Å². The summed E-state index contributed by atoms with van der Waals surface area (Å²) >= 11 is 0. The van der Waals surface area contributed by atoms with Gasteiger partial charge in [-0.15, -0.1) is 0 Å². The molecule has 0 bridgehead atoms. The topological polar surface area (TPSA) is 118 Å². The van der Waals surface area contributed by atoms with Gasteiger partial charge in [-0.05, 0) is 25.7 Å². The van der Waals surface area contributed by atoms with E-state index in [2.05, 4.69) is 6.92 Å². The van der Waals surface area contributed by atoms with E-state index in [1.54, 1.807) is 0 Å². The van der Waals surface area contributed by atoms with Crippen LogP contribution in [-0.2, 0) is 23.1 Å². The van der Waals surface area contributed by atoms with Gasteiger partial charge in [0.25, 0.3) is 7.82 Å². The number of likely N-dealkylation sites (N-methyl/N-ethyl adjacent to an activating group) is 1. The second kappa shape index (κ2) is 26.5. The maximum Gasteiger partial charge on any atom is 0.268 e. The van der Waals surface area contributed by atoms with Crippen LogP contribution in [0.2, 0.25) is 0 Å². The maximum atomic E-state index is 12.2. The molecule has 9 nitrogen and oxygen atoms in total. The summed E-state index contributed by atoms with van der Waals surface area (Å²) in [5.41, 5.74) is 0. The quantitative estimate of drug-likeness (QED) is 0.0603. The first-order valence-electron chi connectivity index (χ1n) is 16.0.